The summed E-state index contributed by atoms with van der Waals surface area (Å²) >= 11 is 11.9. The van der Waals surface area contributed by atoms with E-state index < -0.39 is 0 Å². The van der Waals surface area contributed by atoms with Crippen molar-refractivity contribution in [3.8, 4) is 0 Å². The third kappa shape index (κ3) is 4.66. The quantitative estimate of drug-likeness (QED) is 0.852. The predicted molar refractivity (Wildman–Crippen MR) is 74.7 cm³/mol. The molecule has 104 valence electrons. The number of rotatable bonds is 4. The number of hydrogen-bond donors (Lipinski definition) is 2. The molecule has 1 amide bonds. The summed E-state index contributed by atoms with van der Waals surface area (Å²) in [5.74, 6) is 0.0305. The summed E-state index contributed by atoms with van der Waals surface area (Å²) in [4.78, 5) is 13.1. The number of carbonyl (C=O) groups is 1. The second kappa shape index (κ2) is 7.10. The number of nitrogens with one attached hydrogen (secondary N) is 2. The lowest BCUT2D eigenvalue weighted by molar-refractivity contribution is -0.900. The Morgan fingerprint density at radius 2 is 2.05 bits per heavy atom. The van der Waals surface area contributed by atoms with E-state index in [4.69, 9.17) is 27.9 Å². The SMILES string of the molecule is O=C(C[NH+]1CCOCC1)NCc1ccc(Cl)cc1Cl. The van der Waals surface area contributed by atoms with Crippen molar-refractivity contribution in [2.75, 3.05) is 32.8 Å². The second-order valence-corrected chi connectivity index (χ2v) is 5.40. The highest BCUT2D eigenvalue weighted by Crippen LogP contribution is 2.20. The van der Waals surface area contributed by atoms with E-state index >= 15 is 0 Å². The van der Waals surface area contributed by atoms with Crippen molar-refractivity contribution in [2.24, 2.45) is 0 Å². The largest absolute Gasteiger partial charge is 0.370 e. The lowest BCUT2D eigenvalue weighted by Crippen LogP contribution is -3.15. The third-order valence-corrected chi connectivity index (χ3v) is 3.69. The average molecular weight is 304 g/mol. The van der Waals surface area contributed by atoms with Crippen molar-refractivity contribution in [1.82, 2.24) is 5.32 Å². The van der Waals surface area contributed by atoms with Gasteiger partial charge in [-0.25, -0.2) is 0 Å². The topological polar surface area (TPSA) is 42.8 Å². The van der Waals surface area contributed by atoms with Crippen LogP contribution >= 0.6 is 23.2 Å². The van der Waals surface area contributed by atoms with Gasteiger partial charge in [-0.15, -0.1) is 0 Å². The third-order valence-electron chi connectivity index (χ3n) is 3.10. The normalized spacial score (nSPS) is 16.3. The molecule has 1 aliphatic rings. The van der Waals surface area contributed by atoms with Crippen LogP contribution in [0.4, 0.5) is 0 Å². The maximum Gasteiger partial charge on any atom is 0.275 e. The fourth-order valence-electron chi connectivity index (χ4n) is 1.99. The van der Waals surface area contributed by atoms with Crippen LogP contribution in [-0.4, -0.2) is 38.8 Å². The highest BCUT2D eigenvalue weighted by atomic mass is 35.5. The van der Waals surface area contributed by atoms with Crippen LogP contribution in [0.3, 0.4) is 0 Å². The molecule has 1 aromatic rings. The molecule has 1 saturated heterocycles. The number of benzene rings is 1. The van der Waals surface area contributed by atoms with Crippen LogP contribution in [0.25, 0.3) is 0 Å². The van der Waals surface area contributed by atoms with Crippen molar-refractivity contribution in [2.45, 2.75) is 6.54 Å². The zero-order valence-electron chi connectivity index (χ0n) is 10.5. The van der Waals surface area contributed by atoms with Gasteiger partial charge < -0.3 is 15.0 Å². The molecule has 4 nitrogen and oxygen atoms in total. The van der Waals surface area contributed by atoms with Gasteiger partial charge in [-0.3, -0.25) is 4.79 Å². The molecular weight excluding hydrogens is 287 g/mol. The molecule has 0 spiro atoms. The van der Waals surface area contributed by atoms with Crippen molar-refractivity contribution >= 4 is 29.1 Å². The zero-order chi connectivity index (χ0) is 13.7. The van der Waals surface area contributed by atoms with Crippen LogP contribution in [0.5, 0.6) is 0 Å². The number of quaternary nitrogens is 1. The lowest BCUT2D eigenvalue weighted by atomic mass is 10.2. The maximum absolute atomic E-state index is 11.8. The molecule has 1 aliphatic heterocycles. The van der Waals surface area contributed by atoms with Gasteiger partial charge in [0.2, 0.25) is 0 Å². The van der Waals surface area contributed by atoms with Crippen molar-refractivity contribution in [3.63, 3.8) is 0 Å². The highest BCUT2D eigenvalue weighted by molar-refractivity contribution is 6.35. The minimum absolute atomic E-state index is 0.0305. The Labute approximate surface area is 122 Å². The molecule has 1 aromatic carbocycles. The van der Waals surface area contributed by atoms with E-state index in [1.165, 1.54) is 4.90 Å². The van der Waals surface area contributed by atoms with E-state index in [0.29, 0.717) is 23.1 Å². The standard InChI is InChI=1S/C13H16Cl2N2O2/c14-11-2-1-10(12(15)7-11)8-16-13(18)9-17-3-5-19-6-4-17/h1-2,7H,3-6,8-9H2,(H,16,18)/p+1. The predicted octanol–water partition coefficient (Wildman–Crippen LogP) is 0.525. The van der Waals surface area contributed by atoms with Crippen LogP contribution in [0.15, 0.2) is 18.2 Å². The molecule has 0 aliphatic carbocycles. The first kappa shape index (κ1) is 14.6. The van der Waals surface area contributed by atoms with E-state index in [9.17, 15) is 4.79 Å². The molecule has 6 heteroatoms. The van der Waals surface area contributed by atoms with E-state index in [-0.39, 0.29) is 5.91 Å². The molecule has 0 unspecified atom stereocenters. The Bertz CT molecular complexity index is 448. The van der Waals surface area contributed by atoms with E-state index in [1.54, 1.807) is 12.1 Å². The minimum Gasteiger partial charge on any atom is -0.370 e. The monoisotopic (exact) mass is 303 g/mol. The van der Waals surface area contributed by atoms with Gasteiger partial charge in [-0.05, 0) is 17.7 Å². The van der Waals surface area contributed by atoms with E-state index in [2.05, 4.69) is 5.32 Å². The van der Waals surface area contributed by atoms with Crippen molar-refractivity contribution in [3.05, 3.63) is 33.8 Å². The zero-order valence-corrected chi connectivity index (χ0v) is 12.1. The van der Waals surface area contributed by atoms with E-state index in [1.807, 2.05) is 6.07 Å². The van der Waals surface area contributed by atoms with Crippen LogP contribution in [0.1, 0.15) is 5.56 Å². The molecule has 1 heterocycles. The van der Waals surface area contributed by atoms with Crippen LogP contribution in [0, 0.1) is 0 Å². The van der Waals surface area contributed by atoms with Gasteiger partial charge in [0.25, 0.3) is 5.91 Å². The summed E-state index contributed by atoms with van der Waals surface area (Å²) in [6.07, 6.45) is 0. The first-order chi connectivity index (χ1) is 9.15. The number of amides is 1. The van der Waals surface area contributed by atoms with Gasteiger partial charge in [-0.1, -0.05) is 29.3 Å². The van der Waals surface area contributed by atoms with E-state index in [0.717, 1.165) is 31.9 Å². The average Bonchev–Trinajstić information content (AvgIpc) is 2.39. The first-order valence-corrected chi connectivity index (χ1v) is 7.02. The molecule has 0 atom stereocenters. The smallest absolute Gasteiger partial charge is 0.275 e. The number of halogens is 2. The van der Waals surface area contributed by atoms with Gasteiger partial charge in [0, 0.05) is 16.6 Å². The maximum atomic E-state index is 11.8. The van der Waals surface area contributed by atoms with Gasteiger partial charge in [-0.2, -0.15) is 0 Å². The van der Waals surface area contributed by atoms with Crippen LogP contribution < -0.4 is 10.2 Å². The Morgan fingerprint density at radius 1 is 1.32 bits per heavy atom. The summed E-state index contributed by atoms with van der Waals surface area (Å²) in [5, 5.41) is 4.05. The molecule has 0 aromatic heterocycles. The summed E-state index contributed by atoms with van der Waals surface area (Å²) in [6, 6.07) is 5.27. The van der Waals surface area contributed by atoms with Crippen molar-refractivity contribution in [1.29, 1.82) is 0 Å². The summed E-state index contributed by atoms with van der Waals surface area (Å²) in [7, 11) is 0. The van der Waals surface area contributed by atoms with Gasteiger partial charge >= 0.3 is 0 Å². The number of carbonyl (C=O) groups excluding carboxylic acids is 1. The molecule has 0 radical (unpaired) electrons. The second-order valence-electron chi connectivity index (χ2n) is 4.55. The summed E-state index contributed by atoms with van der Waals surface area (Å²) in [6.45, 7) is 4.13. The summed E-state index contributed by atoms with van der Waals surface area (Å²) < 4.78 is 5.26. The van der Waals surface area contributed by atoms with Gasteiger partial charge in [0.15, 0.2) is 6.54 Å². The molecule has 2 N–H and O–H groups in total. The van der Waals surface area contributed by atoms with Crippen LogP contribution in [0.2, 0.25) is 10.0 Å². The Hall–Kier alpha value is -0.810. The molecule has 0 bridgehead atoms. The molecule has 19 heavy (non-hydrogen) atoms. The Kier molecular flexibility index (Phi) is 5.45. The Balaban J connectivity index is 1.79. The molecule has 2 rings (SSSR count). The molecule has 1 fully saturated rings. The lowest BCUT2D eigenvalue weighted by Gasteiger charge is -2.23. The Morgan fingerprint density at radius 3 is 2.74 bits per heavy atom. The molecule has 0 saturated carbocycles. The number of ether oxygens (including phenoxy) is 1. The fraction of sp³-hybridized carbons (Fsp3) is 0.462. The first-order valence-electron chi connectivity index (χ1n) is 6.27. The highest BCUT2D eigenvalue weighted by Gasteiger charge is 2.17. The van der Waals surface area contributed by atoms with Crippen molar-refractivity contribution < 1.29 is 14.4 Å². The van der Waals surface area contributed by atoms with Gasteiger partial charge in [0.1, 0.15) is 13.1 Å². The number of hydrogen-bond acceptors (Lipinski definition) is 2. The number of morpholine rings is 1. The van der Waals surface area contributed by atoms with Crippen LogP contribution in [-0.2, 0) is 16.1 Å². The van der Waals surface area contributed by atoms with Gasteiger partial charge in [0.05, 0.1) is 13.2 Å². The fourth-order valence-corrected chi connectivity index (χ4v) is 2.46. The molecular formula is C13H17Cl2N2O2+. The summed E-state index contributed by atoms with van der Waals surface area (Å²) in [5.41, 5.74) is 0.872. The minimum atomic E-state index is 0.0305.